The molecule has 1 aliphatic rings. The lowest BCUT2D eigenvalue weighted by Crippen LogP contribution is -2.49. The first kappa shape index (κ1) is 21.4. The van der Waals surface area contributed by atoms with E-state index in [4.69, 9.17) is 4.74 Å². The van der Waals surface area contributed by atoms with Crippen molar-refractivity contribution in [3.8, 4) is 5.75 Å². The Kier molecular flexibility index (Phi) is 6.35. The molecule has 3 aromatic rings. The van der Waals surface area contributed by atoms with E-state index in [2.05, 4.69) is 5.32 Å². The number of nitrogens with zero attached hydrogens (tertiary/aromatic N) is 2. The second-order valence-corrected chi connectivity index (χ2v) is 7.58. The first-order chi connectivity index (χ1) is 15.5. The second-order valence-electron chi connectivity index (χ2n) is 7.58. The van der Waals surface area contributed by atoms with Gasteiger partial charge in [-0.25, -0.2) is 9.18 Å². The molecule has 4 rings (SSSR count). The summed E-state index contributed by atoms with van der Waals surface area (Å²) in [6.07, 6.45) is 0.829. The van der Waals surface area contributed by atoms with Gasteiger partial charge in [0.25, 0.3) is 5.91 Å². The Hall–Kier alpha value is -3.87. The van der Waals surface area contributed by atoms with Crippen LogP contribution in [0.5, 0.6) is 5.75 Å². The highest BCUT2D eigenvalue weighted by Crippen LogP contribution is 2.25. The van der Waals surface area contributed by atoms with Gasteiger partial charge in [0.2, 0.25) is 0 Å². The fraction of sp³-hybridized carbons (Fsp3) is 0.200. The minimum Gasteiger partial charge on any atom is -0.497 e. The number of anilines is 2. The van der Waals surface area contributed by atoms with Crippen molar-refractivity contribution in [2.45, 2.75) is 13.0 Å². The van der Waals surface area contributed by atoms with Crippen molar-refractivity contribution in [3.05, 3.63) is 89.7 Å². The van der Waals surface area contributed by atoms with Crippen molar-refractivity contribution < 1.29 is 18.7 Å². The predicted octanol–water partition coefficient (Wildman–Crippen LogP) is 4.92. The SMILES string of the molecule is COc1cccc(CN2CCCN(c3cccc(NC(=O)c4cccc(F)c4)c3)C2=O)c1. The van der Waals surface area contributed by atoms with E-state index in [1.807, 2.05) is 30.3 Å². The molecule has 3 aromatic carbocycles. The van der Waals surface area contributed by atoms with E-state index in [-0.39, 0.29) is 11.6 Å². The van der Waals surface area contributed by atoms with E-state index in [0.29, 0.717) is 31.0 Å². The number of urea groups is 1. The quantitative estimate of drug-likeness (QED) is 0.600. The molecule has 6 nitrogen and oxygen atoms in total. The number of halogens is 1. The van der Waals surface area contributed by atoms with E-state index < -0.39 is 11.7 Å². The van der Waals surface area contributed by atoms with Crippen LogP contribution >= 0.6 is 0 Å². The van der Waals surface area contributed by atoms with Gasteiger partial charge in [-0.1, -0.05) is 24.3 Å². The first-order valence-electron chi connectivity index (χ1n) is 10.4. The van der Waals surface area contributed by atoms with Crippen molar-refractivity contribution >= 4 is 23.3 Å². The van der Waals surface area contributed by atoms with Crippen LogP contribution in [-0.2, 0) is 6.54 Å². The maximum Gasteiger partial charge on any atom is 0.324 e. The van der Waals surface area contributed by atoms with Crippen molar-refractivity contribution in [3.63, 3.8) is 0 Å². The van der Waals surface area contributed by atoms with E-state index >= 15 is 0 Å². The second kappa shape index (κ2) is 9.51. The summed E-state index contributed by atoms with van der Waals surface area (Å²) in [7, 11) is 1.62. The van der Waals surface area contributed by atoms with Crippen LogP contribution < -0.4 is 15.0 Å². The van der Waals surface area contributed by atoms with E-state index in [9.17, 15) is 14.0 Å². The molecule has 32 heavy (non-hydrogen) atoms. The number of hydrogen-bond acceptors (Lipinski definition) is 3. The number of methoxy groups -OCH3 is 1. The number of hydrogen-bond donors (Lipinski definition) is 1. The Labute approximate surface area is 186 Å². The Bertz CT molecular complexity index is 1130. The Morgan fingerprint density at radius 2 is 1.84 bits per heavy atom. The highest BCUT2D eigenvalue weighted by Gasteiger charge is 2.27. The van der Waals surface area contributed by atoms with Crippen molar-refractivity contribution in [2.24, 2.45) is 0 Å². The fourth-order valence-electron chi connectivity index (χ4n) is 3.74. The lowest BCUT2D eigenvalue weighted by Gasteiger charge is -2.36. The highest BCUT2D eigenvalue weighted by molar-refractivity contribution is 6.04. The largest absolute Gasteiger partial charge is 0.497 e. The maximum absolute atomic E-state index is 13.4. The maximum atomic E-state index is 13.4. The average Bonchev–Trinajstić information content (AvgIpc) is 2.81. The molecular formula is C25H24FN3O3. The van der Waals surface area contributed by atoms with Crippen LogP contribution in [0.2, 0.25) is 0 Å². The number of carbonyl (C=O) groups excluding carboxylic acids is 2. The average molecular weight is 433 g/mol. The standard InChI is InChI=1S/C25H24FN3O3/c1-32-23-11-2-6-18(14-23)17-28-12-5-13-29(25(28)31)22-10-4-9-21(16-22)27-24(30)19-7-3-8-20(26)15-19/h2-4,6-11,14-16H,5,12-13,17H2,1H3,(H,27,30). The molecule has 1 N–H and O–H groups in total. The van der Waals surface area contributed by atoms with Crippen LogP contribution in [0.1, 0.15) is 22.3 Å². The first-order valence-corrected chi connectivity index (χ1v) is 10.4. The number of benzene rings is 3. The smallest absolute Gasteiger partial charge is 0.324 e. The molecule has 0 aromatic heterocycles. The van der Waals surface area contributed by atoms with Gasteiger partial charge in [0.15, 0.2) is 0 Å². The molecule has 164 valence electrons. The van der Waals surface area contributed by atoms with Crippen LogP contribution in [-0.4, -0.2) is 37.0 Å². The molecule has 1 fully saturated rings. The number of carbonyl (C=O) groups is 2. The van der Waals surface area contributed by atoms with Gasteiger partial charge in [-0.3, -0.25) is 9.69 Å². The fourth-order valence-corrected chi connectivity index (χ4v) is 3.74. The third kappa shape index (κ3) is 4.88. The molecular weight excluding hydrogens is 409 g/mol. The molecule has 1 heterocycles. The zero-order valence-electron chi connectivity index (χ0n) is 17.8. The highest BCUT2D eigenvalue weighted by atomic mass is 19.1. The topological polar surface area (TPSA) is 61.9 Å². The molecule has 0 atom stereocenters. The zero-order chi connectivity index (χ0) is 22.5. The molecule has 0 aliphatic carbocycles. The molecule has 7 heteroatoms. The summed E-state index contributed by atoms with van der Waals surface area (Å²) in [5, 5.41) is 2.77. The summed E-state index contributed by atoms with van der Waals surface area (Å²) >= 11 is 0. The molecule has 0 radical (unpaired) electrons. The lowest BCUT2D eigenvalue weighted by atomic mass is 10.1. The van der Waals surface area contributed by atoms with Crippen LogP contribution in [0.15, 0.2) is 72.8 Å². The summed E-state index contributed by atoms with van der Waals surface area (Å²) in [6, 6.07) is 20.2. The van der Waals surface area contributed by atoms with Gasteiger partial charge in [0.05, 0.1) is 7.11 Å². The number of nitrogens with one attached hydrogen (secondary N) is 1. The molecule has 1 saturated heterocycles. The van der Waals surface area contributed by atoms with E-state index in [1.165, 1.54) is 18.2 Å². The molecule has 0 bridgehead atoms. The summed E-state index contributed by atoms with van der Waals surface area (Å²) in [6.45, 7) is 1.75. The Balaban J connectivity index is 1.48. The molecule has 0 unspecified atom stereocenters. The zero-order valence-corrected chi connectivity index (χ0v) is 17.8. The summed E-state index contributed by atoms with van der Waals surface area (Å²) in [5.41, 5.74) is 2.46. The molecule has 1 aliphatic heterocycles. The number of rotatable bonds is 6. The Morgan fingerprint density at radius 3 is 2.66 bits per heavy atom. The van der Waals surface area contributed by atoms with Gasteiger partial charge in [0, 0.05) is 36.6 Å². The predicted molar refractivity (Wildman–Crippen MR) is 122 cm³/mol. The van der Waals surface area contributed by atoms with E-state index in [1.54, 1.807) is 41.2 Å². The summed E-state index contributed by atoms with van der Waals surface area (Å²) in [4.78, 5) is 29.1. The molecule has 0 saturated carbocycles. The monoisotopic (exact) mass is 433 g/mol. The van der Waals surface area contributed by atoms with Crippen LogP contribution in [0.25, 0.3) is 0 Å². The normalized spacial score (nSPS) is 13.8. The van der Waals surface area contributed by atoms with Crippen LogP contribution in [0.4, 0.5) is 20.6 Å². The van der Waals surface area contributed by atoms with Gasteiger partial charge in [-0.15, -0.1) is 0 Å². The van der Waals surface area contributed by atoms with Crippen LogP contribution in [0.3, 0.4) is 0 Å². The summed E-state index contributed by atoms with van der Waals surface area (Å²) < 4.78 is 18.7. The van der Waals surface area contributed by atoms with Gasteiger partial charge in [0.1, 0.15) is 11.6 Å². The van der Waals surface area contributed by atoms with Crippen LogP contribution in [0, 0.1) is 5.82 Å². The molecule has 0 spiro atoms. The third-order valence-electron chi connectivity index (χ3n) is 5.32. The minimum absolute atomic E-state index is 0.0901. The Morgan fingerprint density at radius 1 is 1.03 bits per heavy atom. The number of ether oxygens (including phenoxy) is 1. The van der Waals surface area contributed by atoms with Gasteiger partial charge in [-0.2, -0.15) is 0 Å². The molecule has 3 amide bonds. The minimum atomic E-state index is -0.471. The third-order valence-corrected chi connectivity index (χ3v) is 5.32. The number of amides is 3. The summed E-state index contributed by atoms with van der Waals surface area (Å²) in [5.74, 6) is -0.127. The van der Waals surface area contributed by atoms with E-state index in [0.717, 1.165) is 17.7 Å². The van der Waals surface area contributed by atoms with Gasteiger partial charge >= 0.3 is 6.03 Å². The van der Waals surface area contributed by atoms with Gasteiger partial charge in [-0.05, 0) is 60.5 Å². The van der Waals surface area contributed by atoms with Crippen molar-refractivity contribution in [2.75, 3.05) is 30.4 Å². The van der Waals surface area contributed by atoms with Gasteiger partial charge < -0.3 is 15.0 Å². The van der Waals surface area contributed by atoms with Crippen molar-refractivity contribution in [1.82, 2.24) is 4.90 Å². The lowest BCUT2D eigenvalue weighted by molar-refractivity contribution is 0.102. The van der Waals surface area contributed by atoms with Crippen molar-refractivity contribution in [1.29, 1.82) is 0 Å².